The highest BCUT2D eigenvalue weighted by molar-refractivity contribution is 5.72. The van der Waals surface area contributed by atoms with E-state index in [1.165, 1.54) is 4.90 Å². The van der Waals surface area contributed by atoms with Gasteiger partial charge in [0.2, 0.25) is 0 Å². The highest BCUT2D eigenvalue weighted by Gasteiger charge is 2.23. The standard InChI is InChI=1S/C19H29NO4/c1-6-16(12-13-20(5)18(22)24-19(2,3)4)17(21)23-14-15-10-8-7-9-11-15/h7-11,16H,6,12-14H2,1-5H3. The molecule has 0 aliphatic heterocycles. The largest absolute Gasteiger partial charge is 0.461 e. The van der Waals surface area contributed by atoms with Gasteiger partial charge in [0.15, 0.2) is 0 Å². The number of rotatable bonds is 7. The Kier molecular flexibility index (Phi) is 7.75. The summed E-state index contributed by atoms with van der Waals surface area (Å²) in [5.41, 5.74) is 0.441. The SMILES string of the molecule is CCC(CCN(C)C(=O)OC(C)(C)C)C(=O)OCc1ccccc1. The summed E-state index contributed by atoms with van der Waals surface area (Å²) in [7, 11) is 1.68. The van der Waals surface area contributed by atoms with Crippen LogP contribution in [0, 0.1) is 5.92 Å². The van der Waals surface area contributed by atoms with Crippen LogP contribution in [0.15, 0.2) is 30.3 Å². The fourth-order valence-electron chi connectivity index (χ4n) is 2.12. The van der Waals surface area contributed by atoms with Gasteiger partial charge >= 0.3 is 12.1 Å². The summed E-state index contributed by atoms with van der Waals surface area (Å²) >= 11 is 0. The normalized spacial score (nSPS) is 12.4. The lowest BCUT2D eigenvalue weighted by molar-refractivity contribution is -0.150. The van der Waals surface area contributed by atoms with E-state index in [1.54, 1.807) is 7.05 Å². The Labute approximate surface area is 144 Å². The summed E-state index contributed by atoms with van der Waals surface area (Å²) in [5, 5.41) is 0. The highest BCUT2D eigenvalue weighted by atomic mass is 16.6. The third-order valence-electron chi connectivity index (χ3n) is 3.57. The van der Waals surface area contributed by atoms with Crippen LogP contribution in [0.1, 0.15) is 46.1 Å². The summed E-state index contributed by atoms with van der Waals surface area (Å²) in [6, 6.07) is 9.59. The van der Waals surface area contributed by atoms with Crippen LogP contribution in [0.4, 0.5) is 4.79 Å². The van der Waals surface area contributed by atoms with Crippen LogP contribution in [0.2, 0.25) is 0 Å². The zero-order valence-corrected chi connectivity index (χ0v) is 15.4. The van der Waals surface area contributed by atoms with E-state index < -0.39 is 5.60 Å². The smallest absolute Gasteiger partial charge is 0.410 e. The average molecular weight is 335 g/mol. The van der Waals surface area contributed by atoms with Gasteiger partial charge in [0, 0.05) is 13.6 Å². The van der Waals surface area contributed by atoms with E-state index in [9.17, 15) is 9.59 Å². The van der Waals surface area contributed by atoms with E-state index in [1.807, 2.05) is 58.0 Å². The van der Waals surface area contributed by atoms with Crippen LogP contribution in [-0.4, -0.2) is 36.2 Å². The monoisotopic (exact) mass is 335 g/mol. The maximum absolute atomic E-state index is 12.2. The summed E-state index contributed by atoms with van der Waals surface area (Å²) in [6.45, 7) is 8.16. The first-order valence-electron chi connectivity index (χ1n) is 8.37. The molecule has 5 heteroatoms. The number of esters is 1. The van der Waals surface area contributed by atoms with Crippen molar-refractivity contribution in [3.63, 3.8) is 0 Å². The number of ether oxygens (including phenoxy) is 2. The molecule has 5 nitrogen and oxygen atoms in total. The lowest BCUT2D eigenvalue weighted by atomic mass is 10.0. The first-order valence-corrected chi connectivity index (χ1v) is 8.37. The molecule has 0 N–H and O–H groups in total. The minimum Gasteiger partial charge on any atom is -0.461 e. The van der Waals surface area contributed by atoms with Crippen LogP contribution >= 0.6 is 0 Å². The summed E-state index contributed by atoms with van der Waals surface area (Å²) in [4.78, 5) is 25.6. The van der Waals surface area contributed by atoms with Crippen molar-refractivity contribution in [1.29, 1.82) is 0 Å². The first-order chi connectivity index (χ1) is 11.2. The maximum atomic E-state index is 12.2. The van der Waals surface area contributed by atoms with E-state index in [0.29, 0.717) is 19.4 Å². The molecule has 1 atom stereocenters. The van der Waals surface area contributed by atoms with Crippen LogP contribution in [0.3, 0.4) is 0 Å². The fourth-order valence-corrected chi connectivity index (χ4v) is 2.12. The van der Waals surface area contributed by atoms with Crippen LogP contribution < -0.4 is 0 Å². The molecular formula is C19H29NO4. The number of carbonyl (C=O) groups is 2. The molecule has 1 aromatic carbocycles. The minimum atomic E-state index is -0.524. The number of nitrogens with zero attached hydrogens (tertiary/aromatic N) is 1. The van der Waals surface area contributed by atoms with Crippen molar-refractivity contribution in [1.82, 2.24) is 4.90 Å². The zero-order chi connectivity index (χ0) is 18.2. The Balaban J connectivity index is 2.43. The Hall–Kier alpha value is -2.04. The van der Waals surface area contributed by atoms with E-state index in [4.69, 9.17) is 9.47 Å². The van der Waals surface area contributed by atoms with Gasteiger partial charge < -0.3 is 14.4 Å². The number of benzene rings is 1. The lowest BCUT2D eigenvalue weighted by Gasteiger charge is -2.25. The molecule has 0 aliphatic carbocycles. The van der Waals surface area contributed by atoms with Gasteiger partial charge in [-0.1, -0.05) is 37.3 Å². The van der Waals surface area contributed by atoms with Gasteiger partial charge in [-0.05, 0) is 39.2 Å². The van der Waals surface area contributed by atoms with Crippen LogP contribution in [0.25, 0.3) is 0 Å². The maximum Gasteiger partial charge on any atom is 0.410 e. The molecule has 0 aromatic heterocycles. The number of carbonyl (C=O) groups excluding carboxylic acids is 2. The second-order valence-corrected chi connectivity index (χ2v) is 6.89. The third kappa shape index (κ3) is 7.49. The van der Waals surface area contributed by atoms with Gasteiger partial charge in [-0.15, -0.1) is 0 Å². The molecule has 0 radical (unpaired) electrons. The minimum absolute atomic E-state index is 0.223. The van der Waals surface area contributed by atoms with Crippen LogP contribution in [-0.2, 0) is 20.9 Å². The van der Waals surface area contributed by atoms with Crippen LogP contribution in [0.5, 0.6) is 0 Å². The predicted molar refractivity (Wildman–Crippen MR) is 93.5 cm³/mol. The molecular weight excluding hydrogens is 306 g/mol. The molecule has 0 spiro atoms. The second kappa shape index (κ2) is 9.30. The van der Waals surface area contributed by atoms with Crippen molar-refractivity contribution in [2.24, 2.45) is 5.92 Å². The van der Waals surface area contributed by atoms with Crippen molar-refractivity contribution in [2.45, 2.75) is 52.7 Å². The molecule has 24 heavy (non-hydrogen) atoms. The van der Waals surface area contributed by atoms with Gasteiger partial charge in [-0.25, -0.2) is 4.79 Å². The van der Waals surface area contributed by atoms with E-state index in [-0.39, 0.29) is 24.6 Å². The second-order valence-electron chi connectivity index (χ2n) is 6.89. The zero-order valence-electron chi connectivity index (χ0n) is 15.4. The highest BCUT2D eigenvalue weighted by Crippen LogP contribution is 2.15. The summed E-state index contributed by atoms with van der Waals surface area (Å²) < 4.78 is 10.7. The first kappa shape index (κ1) is 20.0. The summed E-state index contributed by atoms with van der Waals surface area (Å²) in [5.74, 6) is -0.447. The van der Waals surface area contributed by atoms with E-state index >= 15 is 0 Å². The molecule has 1 unspecified atom stereocenters. The molecule has 134 valence electrons. The van der Waals surface area contributed by atoms with E-state index in [0.717, 1.165) is 5.56 Å². The molecule has 0 fully saturated rings. The van der Waals surface area contributed by atoms with Gasteiger partial charge in [-0.3, -0.25) is 4.79 Å². The Morgan fingerprint density at radius 3 is 2.33 bits per heavy atom. The summed E-state index contributed by atoms with van der Waals surface area (Å²) in [6.07, 6.45) is 0.852. The van der Waals surface area contributed by atoms with Crippen molar-refractivity contribution in [3.8, 4) is 0 Å². The van der Waals surface area contributed by atoms with Crippen molar-refractivity contribution in [3.05, 3.63) is 35.9 Å². The number of amides is 1. The Bertz CT molecular complexity index is 522. The van der Waals surface area contributed by atoms with Crippen molar-refractivity contribution >= 4 is 12.1 Å². The average Bonchev–Trinajstić information content (AvgIpc) is 2.52. The van der Waals surface area contributed by atoms with Gasteiger partial charge in [-0.2, -0.15) is 0 Å². The Morgan fingerprint density at radius 1 is 1.17 bits per heavy atom. The number of hydrogen-bond acceptors (Lipinski definition) is 4. The quantitative estimate of drug-likeness (QED) is 0.706. The van der Waals surface area contributed by atoms with Crippen molar-refractivity contribution < 1.29 is 19.1 Å². The molecule has 0 saturated carbocycles. The lowest BCUT2D eigenvalue weighted by Crippen LogP contribution is -2.35. The predicted octanol–water partition coefficient (Wildman–Crippen LogP) is 4.01. The molecule has 1 rings (SSSR count). The van der Waals surface area contributed by atoms with Gasteiger partial charge in [0.1, 0.15) is 12.2 Å². The van der Waals surface area contributed by atoms with Gasteiger partial charge in [0.25, 0.3) is 0 Å². The molecule has 0 heterocycles. The Morgan fingerprint density at radius 2 is 1.79 bits per heavy atom. The molecule has 1 amide bonds. The van der Waals surface area contributed by atoms with E-state index in [2.05, 4.69) is 0 Å². The topological polar surface area (TPSA) is 55.8 Å². The third-order valence-corrected chi connectivity index (χ3v) is 3.57. The number of hydrogen-bond donors (Lipinski definition) is 0. The molecule has 0 bridgehead atoms. The van der Waals surface area contributed by atoms with Crippen molar-refractivity contribution in [2.75, 3.05) is 13.6 Å². The molecule has 0 aliphatic rings. The van der Waals surface area contributed by atoms with Gasteiger partial charge in [0.05, 0.1) is 5.92 Å². The molecule has 0 saturated heterocycles. The fraction of sp³-hybridized carbons (Fsp3) is 0.579. The molecule has 1 aromatic rings.